The van der Waals surface area contributed by atoms with E-state index in [2.05, 4.69) is 10.7 Å². The zero-order chi connectivity index (χ0) is 21.4. The van der Waals surface area contributed by atoms with Gasteiger partial charge in [0.2, 0.25) is 0 Å². The SMILES string of the molecule is O=C(CN1CCN(S(=O)(=O)c2cccs2)CC1)NN1C(=O)NC2(CCCCC2)C1=O. The van der Waals surface area contributed by atoms with E-state index in [4.69, 9.17) is 0 Å². The van der Waals surface area contributed by atoms with Crippen LogP contribution in [0.5, 0.6) is 0 Å². The van der Waals surface area contributed by atoms with Gasteiger partial charge in [-0.05, 0) is 24.3 Å². The second-order valence-electron chi connectivity index (χ2n) is 7.86. The van der Waals surface area contributed by atoms with Gasteiger partial charge in [-0.3, -0.25) is 19.9 Å². The Hall–Kier alpha value is -2.02. The number of hydrogen-bond donors (Lipinski definition) is 2. The Morgan fingerprint density at radius 1 is 1.13 bits per heavy atom. The number of imide groups is 1. The molecule has 2 saturated heterocycles. The Morgan fingerprint density at radius 3 is 2.47 bits per heavy atom. The lowest BCUT2D eigenvalue weighted by molar-refractivity contribution is -0.140. The van der Waals surface area contributed by atoms with Gasteiger partial charge < -0.3 is 5.32 Å². The van der Waals surface area contributed by atoms with Crippen molar-refractivity contribution < 1.29 is 22.8 Å². The predicted octanol–water partition coefficient (Wildman–Crippen LogP) is 0.340. The zero-order valence-corrected chi connectivity index (χ0v) is 18.1. The summed E-state index contributed by atoms with van der Waals surface area (Å²) in [5, 5.41) is 5.27. The molecule has 4 rings (SSSR count). The van der Waals surface area contributed by atoms with Gasteiger partial charge in [-0.1, -0.05) is 25.3 Å². The number of urea groups is 1. The third-order valence-electron chi connectivity index (χ3n) is 5.89. The van der Waals surface area contributed by atoms with Gasteiger partial charge in [-0.15, -0.1) is 11.3 Å². The van der Waals surface area contributed by atoms with Crippen LogP contribution in [0, 0.1) is 0 Å². The van der Waals surface area contributed by atoms with Crippen LogP contribution in [0.2, 0.25) is 0 Å². The topological polar surface area (TPSA) is 119 Å². The van der Waals surface area contributed by atoms with Crippen LogP contribution >= 0.6 is 11.3 Å². The number of carbonyl (C=O) groups is 3. The molecule has 0 radical (unpaired) electrons. The fourth-order valence-electron chi connectivity index (χ4n) is 4.24. The van der Waals surface area contributed by atoms with Gasteiger partial charge in [0.15, 0.2) is 0 Å². The number of thiophene rings is 1. The smallest absolute Gasteiger partial charge is 0.322 e. The maximum Gasteiger partial charge on any atom is 0.344 e. The summed E-state index contributed by atoms with van der Waals surface area (Å²) in [5.41, 5.74) is 1.54. The van der Waals surface area contributed by atoms with Crippen LogP contribution < -0.4 is 10.7 Å². The van der Waals surface area contributed by atoms with Crippen molar-refractivity contribution in [3.8, 4) is 0 Å². The average Bonchev–Trinajstić information content (AvgIpc) is 3.34. The summed E-state index contributed by atoms with van der Waals surface area (Å²) < 4.78 is 26.9. The number of hydrogen-bond acceptors (Lipinski definition) is 7. The standard InChI is InChI=1S/C18H25N5O5S2/c24-14(20-23-16(25)18(19-17(23)26)6-2-1-3-7-18)13-21-8-10-22(11-9-21)30(27,28)15-5-4-12-29-15/h4-5,12H,1-3,6-11,13H2,(H,19,26)(H,20,24). The Labute approximate surface area is 179 Å². The fraction of sp³-hybridized carbons (Fsp3) is 0.611. The Morgan fingerprint density at radius 2 is 1.83 bits per heavy atom. The Balaban J connectivity index is 1.29. The fourth-order valence-corrected chi connectivity index (χ4v) is 6.81. The lowest BCUT2D eigenvalue weighted by Gasteiger charge is -2.33. The first-order valence-corrected chi connectivity index (χ1v) is 12.4. The van der Waals surface area contributed by atoms with Gasteiger partial charge in [0.1, 0.15) is 9.75 Å². The molecular weight excluding hydrogens is 430 g/mol. The van der Waals surface area contributed by atoms with Crippen LogP contribution in [0.25, 0.3) is 0 Å². The highest BCUT2D eigenvalue weighted by molar-refractivity contribution is 7.91. The number of amides is 4. The Bertz CT molecular complexity index is 919. The minimum atomic E-state index is -3.50. The lowest BCUT2D eigenvalue weighted by Crippen LogP contribution is -2.54. The number of nitrogens with one attached hydrogen (secondary N) is 2. The summed E-state index contributed by atoms with van der Waals surface area (Å²) in [4.78, 5) is 39.2. The summed E-state index contributed by atoms with van der Waals surface area (Å²) >= 11 is 1.18. The molecule has 12 heteroatoms. The second-order valence-corrected chi connectivity index (χ2v) is 11.0. The van der Waals surface area contributed by atoms with Crippen molar-refractivity contribution in [2.45, 2.75) is 41.9 Å². The number of carbonyl (C=O) groups excluding carboxylic acids is 3. The number of rotatable bonds is 5. The van der Waals surface area contributed by atoms with Gasteiger partial charge in [0.25, 0.3) is 21.8 Å². The quantitative estimate of drug-likeness (QED) is 0.618. The summed E-state index contributed by atoms with van der Waals surface area (Å²) in [6.07, 6.45) is 3.94. The maximum absolute atomic E-state index is 12.7. The lowest BCUT2D eigenvalue weighted by atomic mass is 9.82. The van der Waals surface area contributed by atoms with Crippen molar-refractivity contribution in [2.24, 2.45) is 0 Å². The van der Waals surface area contributed by atoms with E-state index in [1.54, 1.807) is 17.5 Å². The van der Waals surface area contributed by atoms with E-state index in [0.717, 1.165) is 24.3 Å². The number of hydrazine groups is 1. The monoisotopic (exact) mass is 455 g/mol. The van der Waals surface area contributed by atoms with Crippen molar-refractivity contribution >= 4 is 39.2 Å². The van der Waals surface area contributed by atoms with E-state index in [-0.39, 0.29) is 19.6 Å². The maximum atomic E-state index is 12.7. The van der Waals surface area contributed by atoms with Crippen LogP contribution in [0.4, 0.5) is 4.79 Å². The third-order valence-corrected chi connectivity index (χ3v) is 9.16. The second kappa shape index (κ2) is 8.25. The molecule has 1 spiro atoms. The normalized spacial score (nSPS) is 23.0. The van der Waals surface area contributed by atoms with E-state index < -0.39 is 33.4 Å². The van der Waals surface area contributed by atoms with Gasteiger partial charge in [0.05, 0.1) is 6.54 Å². The molecule has 3 heterocycles. The Kier molecular flexibility index (Phi) is 5.84. The molecule has 164 valence electrons. The van der Waals surface area contributed by atoms with Crippen molar-refractivity contribution in [2.75, 3.05) is 32.7 Å². The average molecular weight is 456 g/mol. The molecular formula is C18H25N5O5S2. The van der Waals surface area contributed by atoms with Gasteiger partial charge in [0, 0.05) is 26.2 Å². The largest absolute Gasteiger partial charge is 0.344 e. The van der Waals surface area contributed by atoms with Gasteiger partial charge in [-0.25, -0.2) is 13.2 Å². The first kappa shape index (κ1) is 21.2. The van der Waals surface area contributed by atoms with E-state index in [0.29, 0.717) is 30.1 Å². The van der Waals surface area contributed by atoms with Gasteiger partial charge in [-0.2, -0.15) is 9.31 Å². The molecule has 0 aromatic carbocycles. The molecule has 1 aromatic heterocycles. The molecule has 0 unspecified atom stereocenters. The van der Waals surface area contributed by atoms with Crippen LogP contribution in [0.3, 0.4) is 0 Å². The molecule has 1 aliphatic carbocycles. The molecule has 3 aliphatic rings. The highest BCUT2D eigenvalue weighted by Gasteiger charge is 2.52. The minimum Gasteiger partial charge on any atom is -0.322 e. The molecule has 4 amide bonds. The van der Waals surface area contributed by atoms with E-state index in [9.17, 15) is 22.8 Å². The molecule has 30 heavy (non-hydrogen) atoms. The first-order chi connectivity index (χ1) is 14.3. The van der Waals surface area contributed by atoms with E-state index >= 15 is 0 Å². The predicted molar refractivity (Wildman–Crippen MR) is 109 cm³/mol. The van der Waals surface area contributed by atoms with Gasteiger partial charge >= 0.3 is 6.03 Å². The van der Waals surface area contributed by atoms with Crippen molar-refractivity contribution in [1.29, 1.82) is 0 Å². The van der Waals surface area contributed by atoms with Crippen molar-refractivity contribution in [1.82, 2.24) is 25.0 Å². The first-order valence-electron chi connectivity index (χ1n) is 10.0. The third kappa shape index (κ3) is 3.96. The number of piperazine rings is 1. The van der Waals surface area contributed by atoms with Crippen molar-refractivity contribution in [3.05, 3.63) is 17.5 Å². The number of nitrogens with zero attached hydrogens (tertiary/aromatic N) is 3. The summed E-state index contributed by atoms with van der Waals surface area (Å²) in [6.45, 7) is 1.32. The molecule has 2 N–H and O–H groups in total. The highest BCUT2D eigenvalue weighted by atomic mass is 32.2. The molecule has 0 bridgehead atoms. The highest BCUT2D eigenvalue weighted by Crippen LogP contribution is 2.33. The summed E-state index contributed by atoms with van der Waals surface area (Å²) in [6, 6.07) is 2.68. The molecule has 1 saturated carbocycles. The molecule has 0 atom stereocenters. The molecule has 10 nitrogen and oxygen atoms in total. The number of sulfonamides is 1. The van der Waals surface area contributed by atoms with Crippen LogP contribution in [0.1, 0.15) is 32.1 Å². The van der Waals surface area contributed by atoms with Crippen LogP contribution in [-0.2, 0) is 19.6 Å². The molecule has 1 aromatic rings. The van der Waals surface area contributed by atoms with Crippen LogP contribution in [0.15, 0.2) is 21.7 Å². The van der Waals surface area contributed by atoms with E-state index in [1.165, 1.54) is 15.6 Å². The molecule has 3 fully saturated rings. The summed E-state index contributed by atoms with van der Waals surface area (Å²) in [7, 11) is -3.50. The summed E-state index contributed by atoms with van der Waals surface area (Å²) in [5.74, 6) is -0.867. The zero-order valence-electron chi connectivity index (χ0n) is 16.5. The minimum absolute atomic E-state index is 0.0169. The van der Waals surface area contributed by atoms with E-state index in [1.807, 2.05) is 4.90 Å². The van der Waals surface area contributed by atoms with Crippen LogP contribution in [-0.4, -0.2) is 78.7 Å². The molecule has 2 aliphatic heterocycles. The van der Waals surface area contributed by atoms with Crippen molar-refractivity contribution in [3.63, 3.8) is 0 Å².